The second kappa shape index (κ2) is 8.55. The van der Waals surface area contributed by atoms with Crippen LogP contribution in [-0.4, -0.2) is 9.97 Å². The molecule has 0 fully saturated rings. The molecule has 0 unspecified atom stereocenters. The summed E-state index contributed by atoms with van der Waals surface area (Å²) in [6, 6.07) is 26.7. The van der Waals surface area contributed by atoms with Crippen molar-refractivity contribution in [3.63, 3.8) is 0 Å². The largest absolute Gasteiger partial charge is 0.365 e. The number of benzene rings is 3. The Morgan fingerprint density at radius 3 is 2.41 bits per heavy atom. The van der Waals surface area contributed by atoms with Crippen molar-refractivity contribution in [3.05, 3.63) is 114 Å². The molecule has 0 aliphatic carbocycles. The normalized spacial score (nSPS) is 10.9. The van der Waals surface area contributed by atoms with Crippen LogP contribution in [0.2, 0.25) is 0 Å². The number of anilines is 1. The molecule has 0 saturated heterocycles. The lowest BCUT2D eigenvalue weighted by molar-refractivity contribution is 0.628. The smallest absolute Gasteiger partial charge is 0.135 e. The first kappa shape index (κ1) is 19.8. The number of hydrogen-bond donors (Lipinski definition) is 1. The van der Waals surface area contributed by atoms with Gasteiger partial charge in [-0.05, 0) is 47.5 Å². The molecule has 0 atom stereocenters. The molecule has 0 amide bonds. The monoisotopic (exact) mass is 423 g/mol. The molecule has 3 aromatic carbocycles. The number of pyridine rings is 2. The van der Waals surface area contributed by atoms with E-state index in [0.29, 0.717) is 29.2 Å². The first-order chi connectivity index (χ1) is 15.7. The van der Waals surface area contributed by atoms with Crippen molar-refractivity contribution in [3.8, 4) is 22.4 Å². The summed E-state index contributed by atoms with van der Waals surface area (Å²) in [5, 5.41) is 4.12. The van der Waals surface area contributed by atoms with Crippen molar-refractivity contribution in [2.45, 2.75) is 6.54 Å². The molecule has 3 nitrogen and oxygen atoms in total. The highest BCUT2D eigenvalue weighted by molar-refractivity contribution is 5.90. The van der Waals surface area contributed by atoms with Crippen LogP contribution in [0.5, 0.6) is 0 Å². The van der Waals surface area contributed by atoms with Crippen LogP contribution < -0.4 is 5.32 Å². The van der Waals surface area contributed by atoms with E-state index in [1.807, 2.05) is 60.7 Å². The number of nitrogens with zero attached hydrogens (tertiary/aromatic N) is 2. The molecule has 2 heterocycles. The number of nitrogens with one attached hydrogen (secondary N) is 1. The summed E-state index contributed by atoms with van der Waals surface area (Å²) < 4.78 is 28.2. The minimum absolute atomic E-state index is 0.261. The Labute approximate surface area is 184 Å². The van der Waals surface area contributed by atoms with Crippen molar-refractivity contribution in [2.75, 3.05) is 5.32 Å². The standard InChI is InChI=1S/C27H19F2N3/c28-21-8-4-7-20(16-21)25-12-11-23-26(32-25)13-14-30-27(23)31-17-18-9-10-22(24(29)15-18)19-5-2-1-3-6-19/h1-16H,17H2,(H,30,31). The molecule has 0 radical (unpaired) electrons. The van der Waals surface area contributed by atoms with Crippen molar-refractivity contribution in [1.82, 2.24) is 9.97 Å². The second-order valence-electron chi connectivity index (χ2n) is 7.47. The maximum Gasteiger partial charge on any atom is 0.135 e. The summed E-state index contributed by atoms with van der Waals surface area (Å²) in [5.74, 6) is 0.100. The average molecular weight is 423 g/mol. The Hall–Kier alpha value is -4.12. The maximum atomic E-state index is 14.7. The van der Waals surface area contributed by atoms with Crippen LogP contribution in [0, 0.1) is 11.6 Å². The minimum atomic E-state index is -0.299. The third kappa shape index (κ3) is 4.05. The topological polar surface area (TPSA) is 37.8 Å². The summed E-state index contributed by atoms with van der Waals surface area (Å²) in [4.78, 5) is 9.08. The average Bonchev–Trinajstić information content (AvgIpc) is 2.83. The zero-order valence-corrected chi connectivity index (χ0v) is 17.1. The Morgan fingerprint density at radius 1 is 0.750 bits per heavy atom. The fraction of sp³-hybridized carbons (Fsp3) is 0.0370. The number of hydrogen-bond acceptors (Lipinski definition) is 3. The van der Waals surface area contributed by atoms with E-state index in [4.69, 9.17) is 0 Å². The van der Waals surface area contributed by atoms with Crippen molar-refractivity contribution < 1.29 is 8.78 Å². The molecule has 5 rings (SSSR count). The van der Waals surface area contributed by atoms with Crippen LogP contribution in [0.4, 0.5) is 14.6 Å². The molecule has 156 valence electrons. The van der Waals surface area contributed by atoms with Crippen molar-refractivity contribution in [1.29, 1.82) is 0 Å². The molecule has 1 N–H and O–H groups in total. The lowest BCUT2D eigenvalue weighted by Gasteiger charge is -2.11. The molecule has 0 aliphatic heterocycles. The molecule has 0 saturated carbocycles. The van der Waals surface area contributed by atoms with E-state index in [9.17, 15) is 8.78 Å². The van der Waals surface area contributed by atoms with Gasteiger partial charge in [0.1, 0.15) is 17.5 Å². The number of halogens is 2. The van der Waals surface area contributed by atoms with Crippen molar-refractivity contribution >= 4 is 16.7 Å². The van der Waals surface area contributed by atoms with Gasteiger partial charge >= 0.3 is 0 Å². The van der Waals surface area contributed by atoms with E-state index >= 15 is 0 Å². The Balaban J connectivity index is 1.38. The third-order valence-electron chi connectivity index (χ3n) is 5.31. The molecule has 32 heavy (non-hydrogen) atoms. The van der Waals surface area contributed by atoms with E-state index < -0.39 is 0 Å². The van der Waals surface area contributed by atoms with Gasteiger partial charge in [0.05, 0.1) is 11.2 Å². The quantitative estimate of drug-likeness (QED) is 0.336. The fourth-order valence-electron chi connectivity index (χ4n) is 3.71. The Morgan fingerprint density at radius 2 is 1.59 bits per heavy atom. The summed E-state index contributed by atoms with van der Waals surface area (Å²) in [6.07, 6.45) is 1.67. The van der Waals surface area contributed by atoms with Crippen molar-refractivity contribution in [2.24, 2.45) is 0 Å². The van der Waals surface area contributed by atoms with E-state index in [2.05, 4.69) is 15.3 Å². The zero-order chi connectivity index (χ0) is 21.9. The van der Waals surface area contributed by atoms with Crippen LogP contribution in [0.25, 0.3) is 33.3 Å². The molecular formula is C27H19F2N3. The van der Waals surface area contributed by atoms with Crippen LogP contribution in [0.3, 0.4) is 0 Å². The van der Waals surface area contributed by atoms with Crippen LogP contribution in [0.1, 0.15) is 5.56 Å². The highest BCUT2D eigenvalue weighted by atomic mass is 19.1. The van der Waals surface area contributed by atoms with E-state index in [1.165, 1.54) is 12.1 Å². The minimum Gasteiger partial charge on any atom is -0.365 e. The van der Waals surface area contributed by atoms with E-state index in [0.717, 1.165) is 22.0 Å². The second-order valence-corrected chi connectivity index (χ2v) is 7.47. The van der Waals surface area contributed by atoms with Gasteiger partial charge in [-0.3, -0.25) is 0 Å². The molecule has 5 aromatic rings. The van der Waals surface area contributed by atoms with Crippen LogP contribution in [0.15, 0.2) is 97.2 Å². The number of fused-ring (bicyclic) bond motifs is 1. The van der Waals surface area contributed by atoms with Gasteiger partial charge in [0.15, 0.2) is 0 Å². The first-order valence-electron chi connectivity index (χ1n) is 10.3. The van der Waals surface area contributed by atoms with E-state index in [-0.39, 0.29) is 11.6 Å². The van der Waals surface area contributed by atoms with Gasteiger partial charge in [-0.1, -0.05) is 54.6 Å². The van der Waals surface area contributed by atoms with Crippen LogP contribution in [-0.2, 0) is 6.54 Å². The molecule has 0 spiro atoms. The predicted molar refractivity (Wildman–Crippen MR) is 124 cm³/mol. The highest BCUT2D eigenvalue weighted by Gasteiger charge is 2.09. The third-order valence-corrected chi connectivity index (χ3v) is 5.31. The zero-order valence-electron chi connectivity index (χ0n) is 17.1. The maximum absolute atomic E-state index is 14.7. The lowest BCUT2D eigenvalue weighted by Crippen LogP contribution is -2.03. The van der Waals surface area contributed by atoms with E-state index in [1.54, 1.807) is 24.4 Å². The van der Waals surface area contributed by atoms with Crippen LogP contribution >= 0.6 is 0 Å². The molecule has 2 aromatic heterocycles. The van der Waals surface area contributed by atoms with Gasteiger partial charge in [-0.15, -0.1) is 0 Å². The molecular weight excluding hydrogens is 404 g/mol. The SMILES string of the molecule is Fc1cccc(-c2ccc3c(NCc4ccc(-c5ccccc5)c(F)c4)nccc3n2)c1. The van der Waals surface area contributed by atoms with Gasteiger partial charge in [-0.25, -0.2) is 18.7 Å². The fourth-order valence-corrected chi connectivity index (χ4v) is 3.71. The molecule has 0 aliphatic rings. The Bertz CT molecular complexity index is 1400. The van der Waals surface area contributed by atoms with Gasteiger partial charge in [0.2, 0.25) is 0 Å². The predicted octanol–water partition coefficient (Wildman–Crippen LogP) is 6.85. The highest BCUT2D eigenvalue weighted by Crippen LogP contribution is 2.26. The summed E-state index contributed by atoms with van der Waals surface area (Å²) in [5.41, 5.74) is 4.38. The van der Waals surface area contributed by atoms with Gasteiger partial charge in [0, 0.05) is 29.3 Å². The lowest BCUT2D eigenvalue weighted by atomic mass is 10.0. The summed E-state index contributed by atoms with van der Waals surface area (Å²) >= 11 is 0. The molecule has 5 heteroatoms. The van der Waals surface area contributed by atoms with Gasteiger partial charge in [-0.2, -0.15) is 0 Å². The summed E-state index contributed by atoms with van der Waals surface area (Å²) in [7, 11) is 0. The number of aromatic nitrogens is 2. The van der Waals surface area contributed by atoms with Gasteiger partial charge in [0.25, 0.3) is 0 Å². The Kier molecular flexibility index (Phi) is 5.30. The molecule has 0 bridgehead atoms. The first-order valence-corrected chi connectivity index (χ1v) is 10.3. The summed E-state index contributed by atoms with van der Waals surface area (Å²) in [6.45, 7) is 0.420. The van der Waals surface area contributed by atoms with Gasteiger partial charge < -0.3 is 5.32 Å². The number of rotatable bonds is 5.